The Morgan fingerprint density at radius 3 is 2.67 bits per heavy atom. The van der Waals surface area contributed by atoms with Gasteiger partial charge < -0.3 is 20.5 Å². The number of hydrogen-bond acceptors (Lipinski definition) is 4. The van der Waals surface area contributed by atoms with Crippen molar-refractivity contribution in [3.05, 3.63) is 72.6 Å². The summed E-state index contributed by atoms with van der Waals surface area (Å²) >= 11 is 0. The first-order chi connectivity index (χ1) is 14.6. The molecule has 0 bridgehead atoms. The fourth-order valence-electron chi connectivity index (χ4n) is 3.37. The van der Waals surface area contributed by atoms with Gasteiger partial charge in [-0.15, -0.1) is 0 Å². The van der Waals surface area contributed by atoms with Crippen LogP contribution in [0.4, 0.5) is 5.69 Å². The molecule has 0 saturated heterocycles. The van der Waals surface area contributed by atoms with Crippen molar-refractivity contribution in [1.29, 1.82) is 0 Å². The maximum atomic E-state index is 12.4. The van der Waals surface area contributed by atoms with E-state index in [-0.39, 0.29) is 18.2 Å². The van der Waals surface area contributed by atoms with Gasteiger partial charge in [-0.1, -0.05) is 42.5 Å². The lowest BCUT2D eigenvalue weighted by molar-refractivity contribution is -0.125. The minimum Gasteiger partial charge on any atom is -0.354 e. The number of nitrogens with zero attached hydrogens (tertiary/aromatic N) is 2. The number of anilines is 1. The molecule has 8 nitrogen and oxygen atoms in total. The number of amides is 3. The van der Waals surface area contributed by atoms with Crippen molar-refractivity contribution in [3.63, 3.8) is 0 Å². The number of carbonyl (C=O) groups is 3. The lowest BCUT2D eigenvalue weighted by Gasteiger charge is -2.15. The molecule has 30 heavy (non-hydrogen) atoms. The highest BCUT2D eigenvalue weighted by molar-refractivity contribution is 6.10. The van der Waals surface area contributed by atoms with Crippen LogP contribution in [0.25, 0.3) is 11.4 Å². The fraction of sp³-hybridized carbons (Fsp3) is 0.182. The molecule has 0 saturated carbocycles. The summed E-state index contributed by atoms with van der Waals surface area (Å²) in [5, 5.41) is 8.13. The van der Waals surface area contributed by atoms with Gasteiger partial charge in [-0.3, -0.25) is 14.4 Å². The Balaban J connectivity index is 1.32. The summed E-state index contributed by atoms with van der Waals surface area (Å²) in [4.78, 5) is 41.5. The molecule has 0 radical (unpaired) electrons. The van der Waals surface area contributed by atoms with Gasteiger partial charge in [-0.05, 0) is 12.1 Å². The zero-order valence-corrected chi connectivity index (χ0v) is 16.2. The third kappa shape index (κ3) is 4.22. The Labute approximate surface area is 173 Å². The van der Waals surface area contributed by atoms with Crippen LogP contribution < -0.4 is 16.0 Å². The smallest absolute Gasteiger partial charge is 0.254 e. The van der Waals surface area contributed by atoms with Crippen molar-refractivity contribution in [1.82, 2.24) is 20.2 Å². The van der Waals surface area contributed by atoms with Gasteiger partial charge in [-0.2, -0.15) is 0 Å². The van der Waals surface area contributed by atoms with E-state index in [9.17, 15) is 14.4 Å². The van der Waals surface area contributed by atoms with E-state index in [0.29, 0.717) is 24.3 Å². The van der Waals surface area contributed by atoms with Gasteiger partial charge in [0.15, 0.2) is 0 Å². The lowest BCUT2D eigenvalue weighted by atomic mass is 10.1. The van der Waals surface area contributed by atoms with Crippen molar-refractivity contribution in [2.24, 2.45) is 0 Å². The monoisotopic (exact) mass is 403 g/mol. The van der Waals surface area contributed by atoms with Crippen molar-refractivity contribution >= 4 is 23.4 Å². The zero-order chi connectivity index (χ0) is 20.9. The Kier molecular flexibility index (Phi) is 5.56. The number of carbonyl (C=O) groups excluding carboxylic acids is 3. The number of fused-ring (bicyclic) bond motifs is 1. The third-order valence-electron chi connectivity index (χ3n) is 4.86. The maximum absolute atomic E-state index is 12.4. The van der Waals surface area contributed by atoms with Gasteiger partial charge >= 0.3 is 0 Å². The van der Waals surface area contributed by atoms with Crippen molar-refractivity contribution in [2.75, 3.05) is 11.9 Å². The molecule has 1 atom stereocenters. The summed E-state index contributed by atoms with van der Waals surface area (Å²) < 4.78 is 1.95. The Morgan fingerprint density at radius 1 is 1.07 bits per heavy atom. The van der Waals surface area contributed by atoms with E-state index in [1.165, 1.54) is 0 Å². The Bertz CT molecular complexity index is 1080. The van der Waals surface area contributed by atoms with Crippen LogP contribution in [-0.4, -0.2) is 39.9 Å². The highest BCUT2D eigenvalue weighted by atomic mass is 16.2. The number of nitrogens with one attached hydrogen (secondary N) is 3. The minimum absolute atomic E-state index is 0.138. The van der Waals surface area contributed by atoms with Gasteiger partial charge in [-0.25, -0.2) is 4.98 Å². The minimum atomic E-state index is -0.932. The van der Waals surface area contributed by atoms with E-state index in [1.54, 1.807) is 30.5 Å². The molecule has 0 fully saturated rings. The summed E-state index contributed by atoms with van der Waals surface area (Å²) in [6, 6.07) is 15.6. The summed E-state index contributed by atoms with van der Waals surface area (Å²) in [6.07, 6.45) is 3.43. The molecule has 3 N–H and O–H groups in total. The normalized spacial score (nSPS) is 15.5. The van der Waals surface area contributed by atoms with Crippen LogP contribution in [0, 0.1) is 0 Å². The number of rotatable bonds is 6. The first-order valence-electron chi connectivity index (χ1n) is 9.66. The lowest BCUT2D eigenvalue weighted by Crippen LogP contribution is -2.44. The zero-order valence-electron chi connectivity index (χ0n) is 16.2. The van der Waals surface area contributed by atoms with Crippen LogP contribution in [0.2, 0.25) is 0 Å². The largest absolute Gasteiger partial charge is 0.354 e. The summed E-state index contributed by atoms with van der Waals surface area (Å²) in [5.74, 6) is -0.294. The molecule has 2 aromatic carbocycles. The molecule has 1 unspecified atom stereocenters. The molecule has 0 aliphatic carbocycles. The quantitative estimate of drug-likeness (QED) is 0.584. The average molecular weight is 403 g/mol. The number of para-hydroxylation sites is 1. The van der Waals surface area contributed by atoms with E-state index in [4.69, 9.17) is 0 Å². The van der Waals surface area contributed by atoms with Crippen LogP contribution in [-0.2, 0) is 16.1 Å². The molecule has 0 spiro atoms. The standard InChI is InChI=1S/C22H21N5O3/c28-19(14-18-22(30)25-17-9-5-4-8-16(17)21(29)26-18)23-10-12-27-13-11-24-20(27)15-6-2-1-3-7-15/h1-9,11,13,18H,10,12,14H2,(H,23,28)(H,25,30)(H,26,29). The van der Waals surface area contributed by atoms with E-state index in [2.05, 4.69) is 20.9 Å². The first-order valence-corrected chi connectivity index (χ1v) is 9.66. The summed E-state index contributed by atoms with van der Waals surface area (Å²) in [5.41, 5.74) is 1.81. The highest BCUT2D eigenvalue weighted by Crippen LogP contribution is 2.19. The second kappa shape index (κ2) is 8.60. The predicted octanol–water partition coefficient (Wildman–Crippen LogP) is 1.81. The van der Waals surface area contributed by atoms with Gasteiger partial charge in [0.2, 0.25) is 11.8 Å². The molecule has 3 aromatic rings. The molecule has 1 aliphatic heterocycles. The Hall–Kier alpha value is -3.94. The SMILES string of the molecule is O=C(CC1NC(=O)c2ccccc2NC1=O)NCCn1ccnc1-c1ccccc1. The van der Waals surface area contributed by atoms with Crippen LogP contribution in [0.15, 0.2) is 67.0 Å². The molecule has 1 aliphatic rings. The van der Waals surface area contributed by atoms with Gasteiger partial charge in [0, 0.05) is 31.0 Å². The van der Waals surface area contributed by atoms with Gasteiger partial charge in [0.1, 0.15) is 11.9 Å². The summed E-state index contributed by atoms with van der Waals surface area (Å²) in [6.45, 7) is 0.905. The average Bonchev–Trinajstić information content (AvgIpc) is 3.18. The van der Waals surface area contributed by atoms with E-state index < -0.39 is 11.9 Å². The maximum Gasteiger partial charge on any atom is 0.254 e. The third-order valence-corrected chi connectivity index (χ3v) is 4.86. The van der Waals surface area contributed by atoms with E-state index >= 15 is 0 Å². The molecule has 3 amide bonds. The fourth-order valence-corrected chi connectivity index (χ4v) is 3.37. The molecule has 8 heteroatoms. The predicted molar refractivity (Wildman–Crippen MR) is 112 cm³/mol. The van der Waals surface area contributed by atoms with E-state index in [0.717, 1.165) is 11.4 Å². The van der Waals surface area contributed by atoms with Crippen molar-refractivity contribution < 1.29 is 14.4 Å². The molecule has 1 aromatic heterocycles. The van der Waals surface area contributed by atoms with E-state index in [1.807, 2.05) is 41.1 Å². The van der Waals surface area contributed by atoms with Crippen molar-refractivity contribution in [2.45, 2.75) is 19.0 Å². The molecule has 2 heterocycles. The molecule has 152 valence electrons. The molecular weight excluding hydrogens is 382 g/mol. The molecule has 4 rings (SSSR count). The topological polar surface area (TPSA) is 105 Å². The number of imidazole rings is 1. The van der Waals surface area contributed by atoms with Crippen LogP contribution in [0.3, 0.4) is 0 Å². The number of benzene rings is 2. The van der Waals surface area contributed by atoms with Crippen LogP contribution in [0.5, 0.6) is 0 Å². The van der Waals surface area contributed by atoms with Gasteiger partial charge in [0.05, 0.1) is 17.7 Å². The van der Waals surface area contributed by atoms with Crippen LogP contribution >= 0.6 is 0 Å². The second-order valence-electron chi connectivity index (χ2n) is 6.93. The summed E-state index contributed by atoms with van der Waals surface area (Å²) in [7, 11) is 0. The molecular formula is C22H21N5O3. The van der Waals surface area contributed by atoms with Crippen molar-refractivity contribution in [3.8, 4) is 11.4 Å². The number of hydrogen-bond donors (Lipinski definition) is 3. The Morgan fingerprint density at radius 2 is 1.83 bits per heavy atom. The number of aromatic nitrogens is 2. The van der Waals surface area contributed by atoms with Crippen LogP contribution in [0.1, 0.15) is 16.8 Å². The highest BCUT2D eigenvalue weighted by Gasteiger charge is 2.29. The first kappa shape index (κ1) is 19.4. The second-order valence-corrected chi connectivity index (χ2v) is 6.93. The van der Waals surface area contributed by atoms with Gasteiger partial charge in [0.25, 0.3) is 5.91 Å².